The molecule has 0 amide bonds. The number of halogens is 2. The van der Waals surface area contributed by atoms with Crippen LogP contribution in [0.2, 0.25) is 0 Å². The van der Waals surface area contributed by atoms with Gasteiger partial charge in [0.05, 0.1) is 0 Å². The van der Waals surface area contributed by atoms with Crippen LogP contribution in [0, 0.1) is 5.82 Å². The Morgan fingerprint density at radius 2 is 1.70 bits per heavy atom. The molecule has 1 aliphatic heterocycles. The van der Waals surface area contributed by atoms with Gasteiger partial charge in [-0.05, 0) is 64.7 Å². The number of nitrogens with zero attached hydrogens (tertiary/aromatic N) is 2. The number of rotatable bonds is 9. The van der Waals surface area contributed by atoms with Crippen molar-refractivity contribution in [2.75, 3.05) is 39.9 Å². The van der Waals surface area contributed by atoms with Crippen LogP contribution in [0.4, 0.5) is 4.39 Å². The van der Waals surface area contributed by atoms with E-state index in [1.54, 1.807) is 19.2 Å². The molecule has 1 saturated heterocycles. The van der Waals surface area contributed by atoms with Crippen molar-refractivity contribution in [1.29, 1.82) is 0 Å². The zero-order chi connectivity index (χ0) is 21.3. The zero-order valence-electron chi connectivity index (χ0n) is 19.2. The van der Waals surface area contributed by atoms with Gasteiger partial charge in [0.15, 0.2) is 5.96 Å². The summed E-state index contributed by atoms with van der Waals surface area (Å²) in [6, 6.07) is 8.02. The van der Waals surface area contributed by atoms with Gasteiger partial charge in [0.25, 0.3) is 0 Å². The summed E-state index contributed by atoms with van der Waals surface area (Å²) in [7, 11) is 1.80. The summed E-state index contributed by atoms with van der Waals surface area (Å²) >= 11 is 0. The minimum atomic E-state index is -0.196. The second-order valence-electron chi connectivity index (χ2n) is 8.53. The molecule has 0 unspecified atom stereocenters. The second-order valence-corrected chi connectivity index (χ2v) is 8.53. The van der Waals surface area contributed by atoms with Crippen molar-refractivity contribution in [3.05, 3.63) is 35.6 Å². The molecule has 0 aliphatic carbocycles. The van der Waals surface area contributed by atoms with Crippen molar-refractivity contribution in [1.82, 2.24) is 15.5 Å². The molecule has 0 bridgehead atoms. The third-order valence-corrected chi connectivity index (χ3v) is 5.94. The summed E-state index contributed by atoms with van der Waals surface area (Å²) in [6.45, 7) is 13.1. The van der Waals surface area contributed by atoms with Gasteiger partial charge in [-0.3, -0.25) is 9.89 Å². The Bertz CT molecular complexity index is 623. The van der Waals surface area contributed by atoms with Crippen molar-refractivity contribution in [3.8, 4) is 0 Å². The largest absolute Gasteiger partial charge is 0.381 e. The molecule has 2 rings (SSSR count). The van der Waals surface area contributed by atoms with Gasteiger partial charge in [0.2, 0.25) is 0 Å². The Balaban J connectivity index is 0.00000450. The lowest BCUT2D eigenvalue weighted by molar-refractivity contribution is 0.0513. The molecule has 5 nitrogen and oxygen atoms in total. The molecule has 1 heterocycles. The Kier molecular flexibility index (Phi) is 12.2. The molecule has 1 aliphatic rings. The van der Waals surface area contributed by atoms with Gasteiger partial charge >= 0.3 is 0 Å². The minimum absolute atomic E-state index is 0. The summed E-state index contributed by atoms with van der Waals surface area (Å²) in [6.07, 6.45) is 2.90. The average Bonchev–Trinajstić information content (AvgIpc) is 2.70. The number of aliphatic imine (C=N–C) groups is 1. The van der Waals surface area contributed by atoms with Gasteiger partial charge in [-0.15, -0.1) is 24.0 Å². The highest BCUT2D eigenvalue weighted by Gasteiger charge is 2.34. The highest BCUT2D eigenvalue weighted by molar-refractivity contribution is 14.0. The van der Waals surface area contributed by atoms with E-state index in [4.69, 9.17) is 4.74 Å². The normalized spacial score (nSPS) is 16.6. The molecular formula is C23H40FIN4O. The van der Waals surface area contributed by atoms with E-state index < -0.39 is 0 Å². The van der Waals surface area contributed by atoms with Crippen LogP contribution in [0.1, 0.15) is 52.5 Å². The number of nitrogens with one attached hydrogen (secondary N) is 2. The molecular weight excluding hydrogens is 494 g/mol. The highest BCUT2D eigenvalue weighted by atomic mass is 127. The fourth-order valence-corrected chi connectivity index (χ4v) is 4.19. The topological polar surface area (TPSA) is 48.9 Å². The van der Waals surface area contributed by atoms with E-state index in [0.29, 0.717) is 12.1 Å². The van der Waals surface area contributed by atoms with Crippen molar-refractivity contribution in [2.45, 2.75) is 64.5 Å². The lowest BCUT2D eigenvalue weighted by Gasteiger charge is -2.38. The third-order valence-electron chi connectivity index (χ3n) is 5.94. The van der Waals surface area contributed by atoms with Crippen molar-refractivity contribution < 1.29 is 9.13 Å². The predicted octanol–water partition coefficient (Wildman–Crippen LogP) is 4.17. The van der Waals surface area contributed by atoms with Crippen LogP contribution in [0.3, 0.4) is 0 Å². The van der Waals surface area contributed by atoms with Crippen LogP contribution in [0.5, 0.6) is 0 Å². The Hall–Kier alpha value is -0.930. The monoisotopic (exact) mass is 534 g/mol. The van der Waals surface area contributed by atoms with Crippen LogP contribution in [-0.4, -0.2) is 62.8 Å². The summed E-state index contributed by atoms with van der Waals surface area (Å²) in [5.74, 6) is 0.622. The number of ether oxygens (including phenoxy) is 1. The zero-order valence-corrected chi connectivity index (χ0v) is 21.5. The quantitative estimate of drug-likeness (QED) is 0.216. The maximum atomic E-state index is 13.4. The summed E-state index contributed by atoms with van der Waals surface area (Å²) in [5.41, 5.74) is 1.10. The van der Waals surface area contributed by atoms with Crippen molar-refractivity contribution in [2.24, 2.45) is 4.99 Å². The van der Waals surface area contributed by atoms with E-state index in [0.717, 1.165) is 63.6 Å². The minimum Gasteiger partial charge on any atom is -0.381 e. The Labute approximate surface area is 199 Å². The van der Waals surface area contributed by atoms with Crippen LogP contribution >= 0.6 is 24.0 Å². The smallest absolute Gasteiger partial charge is 0.191 e. The van der Waals surface area contributed by atoms with E-state index in [9.17, 15) is 4.39 Å². The van der Waals surface area contributed by atoms with E-state index >= 15 is 0 Å². The summed E-state index contributed by atoms with van der Waals surface area (Å²) in [4.78, 5) is 6.89. The van der Waals surface area contributed by atoms with Crippen molar-refractivity contribution in [3.63, 3.8) is 0 Å². The number of hydrogen-bond donors (Lipinski definition) is 2. The van der Waals surface area contributed by atoms with Crippen LogP contribution < -0.4 is 10.6 Å². The van der Waals surface area contributed by atoms with E-state index in [1.165, 1.54) is 0 Å². The first kappa shape index (κ1) is 27.1. The number of benzene rings is 1. The number of hydrogen-bond acceptors (Lipinski definition) is 3. The molecule has 172 valence electrons. The second kappa shape index (κ2) is 13.5. The van der Waals surface area contributed by atoms with Crippen LogP contribution in [-0.2, 0) is 10.2 Å². The molecule has 1 aromatic rings. The fraction of sp³-hybridized carbons (Fsp3) is 0.696. The van der Waals surface area contributed by atoms with E-state index in [1.807, 2.05) is 12.1 Å². The average molecular weight is 535 g/mol. The molecule has 1 aromatic carbocycles. The SMILES string of the molecule is CN=C(NCCCN(C(C)C)C(C)C)NCC1(c2ccc(F)cc2)CCOCC1.I. The maximum absolute atomic E-state index is 13.4. The molecule has 2 N–H and O–H groups in total. The molecule has 30 heavy (non-hydrogen) atoms. The first-order valence-electron chi connectivity index (χ1n) is 10.9. The number of guanidine groups is 1. The maximum Gasteiger partial charge on any atom is 0.191 e. The van der Waals surface area contributed by atoms with E-state index in [2.05, 4.69) is 48.2 Å². The molecule has 0 radical (unpaired) electrons. The van der Waals surface area contributed by atoms with Gasteiger partial charge < -0.3 is 15.4 Å². The first-order chi connectivity index (χ1) is 13.9. The first-order valence-corrected chi connectivity index (χ1v) is 10.9. The predicted molar refractivity (Wildman–Crippen MR) is 135 cm³/mol. The van der Waals surface area contributed by atoms with Crippen LogP contribution in [0.15, 0.2) is 29.3 Å². The lowest BCUT2D eigenvalue weighted by atomic mass is 9.74. The van der Waals surface area contributed by atoms with Crippen molar-refractivity contribution >= 4 is 29.9 Å². The molecule has 0 spiro atoms. The highest BCUT2D eigenvalue weighted by Crippen LogP contribution is 2.34. The van der Waals surface area contributed by atoms with E-state index in [-0.39, 0.29) is 35.2 Å². The third kappa shape index (κ3) is 7.96. The Morgan fingerprint density at radius 3 is 2.23 bits per heavy atom. The molecule has 0 aromatic heterocycles. The van der Waals surface area contributed by atoms with Gasteiger partial charge in [-0.2, -0.15) is 0 Å². The van der Waals surface area contributed by atoms with Gasteiger partial charge in [-0.1, -0.05) is 12.1 Å². The molecule has 7 heteroatoms. The van der Waals surface area contributed by atoms with Gasteiger partial charge in [-0.25, -0.2) is 4.39 Å². The molecule has 1 fully saturated rings. The summed E-state index contributed by atoms with van der Waals surface area (Å²) < 4.78 is 19.0. The Morgan fingerprint density at radius 1 is 1.10 bits per heavy atom. The molecule has 0 saturated carbocycles. The molecule has 0 atom stereocenters. The van der Waals surface area contributed by atoms with Gasteiger partial charge in [0, 0.05) is 57.4 Å². The van der Waals surface area contributed by atoms with Gasteiger partial charge in [0.1, 0.15) is 5.82 Å². The fourth-order valence-electron chi connectivity index (χ4n) is 4.19. The van der Waals surface area contributed by atoms with Crippen LogP contribution in [0.25, 0.3) is 0 Å². The summed E-state index contributed by atoms with van der Waals surface area (Å²) in [5, 5.41) is 6.94. The lowest BCUT2D eigenvalue weighted by Crippen LogP contribution is -2.48. The standard InChI is InChI=1S/C23H39FN4O.HI/c1-18(2)28(19(3)4)14-6-13-26-22(25-5)27-17-23(11-15-29-16-12-23)20-7-9-21(24)10-8-20;/h7-10,18-19H,6,11-17H2,1-5H3,(H2,25,26,27);1H.